The Morgan fingerprint density at radius 2 is 1.85 bits per heavy atom. The molecule has 0 aromatic carbocycles. The molecular weight excluding hydrogens is 289 g/mol. The molecule has 20 heavy (non-hydrogen) atoms. The molecule has 0 bridgehead atoms. The quantitative estimate of drug-likeness (QED) is 0.154. The zero-order chi connectivity index (χ0) is 14.7. The molecule has 0 radical (unpaired) electrons. The number of unbranched alkanes of at least 4 members (excludes halogenated alkanes) is 3. The van der Waals surface area contributed by atoms with E-state index in [1.54, 1.807) is 6.08 Å². The maximum Gasteiger partial charge on any atom is 1.00 e. The molecule has 0 saturated carbocycles. The van der Waals surface area contributed by atoms with E-state index in [0.29, 0.717) is 6.42 Å². The Bertz CT molecular complexity index is 344. The number of carboxylic acid groups (broad SMARTS) is 2. The van der Waals surface area contributed by atoms with E-state index in [9.17, 15) is 14.7 Å². The number of carbonyl (C=O) groups is 2. The number of aliphatic carboxylic acids is 2. The topological polar surface area (TPSA) is 110 Å². The third-order valence-electron chi connectivity index (χ3n) is 2.52. The number of hydrogen-bond donors (Lipinski definition) is 2. The Hall–Kier alpha value is -0.214. The molecule has 0 aliphatic rings. The van der Waals surface area contributed by atoms with Crippen molar-refractivity contribution in [1.29, 1.82) is 0 Å². The minimum absolute atomic E-state index is 0. The molecule has 0 fully saturated rings. The van der Waals surface area contributed by atoms with Crippen molar-refractivity contribution >= 4 is 17.8 Å². The Labute approximate surface area is 161 Å². The monoisotopic (exact) mass is 309 g/mol. The van der Waals surface area contributed by atoms with Gasteiger partial charge in [-0.3, -0.25) is 9.79 Å². The van der Waals surface area contributed by atoms with Crippen LogP contribution in [0.1, 0.15) is 44.9 Å². The first kappa shape index (κ1) is 22.1. The van der Waals surface area contributed by atoms with Crippen LogP contribution in [0.25, 0.3) is 0 Å². The smallest absolute Gasteiger partial charge is 0.862 e. The summed E-state index contributed by atoms with van der Waals surface area (Å²) in [6.07, 6.45) is 4.88. The Kier molecular flexibility index (Phi) is 15.2. The number of rotatable bonds is 11. The molecule has 0 spiro atoms. The van der Waals surface area contributed by atoms with Crippen LogP contribution < -0.4 is 56.5 Å². The van der Waals surface area contributed by atoms with Crippen molar-refractivity contribution < 1.29 is 76.3 Å². The molecule has 108 valence electrons. The fourth-order valence-corrected chi connectivity index (χ4v) is 1.48. The van der Waals surface area contributed by atoms with Crippen molar-refractivity contribution in [2.75, 3.05) is 0 Å². The van der Waals surface area contributed by atoms with Crippen molar-refractivity contribution in [1.82, 2.24) is 0 Å². The van der Waals surface area contributed by atoms with Crippen LogP contribution in [0.5, 0.6) is 0 Å². The van der Waals surface area contributed by atoms with Crippen LogP contribution >= 0.6 is 0 Å². The molecule has 0 unspecified atom stereocenters. The second-order valence-electron chi connectivity index (χ2n) is 4.20. The van der Waals surface area contributed by atoms with Gasteiger partial charge < -0.3 is 15.3 Å². The molecule has 0 heterocycles. The summed E-state index contributed by atoms with van der Waals surface area (Å²) in [5.41, 5.74) is 0. The summed E-state index contributed by atoms with van der Waals surface area (Å²) in [4.78, 5) is 24.7. The summed E-state index contributed by atoms with van der Waals surface area (Å²) < 4.78 is 0. The minimum atomic E-state index is -1.26. The van der Waals surface area contributed by atoms with Gasteiger partial charge in [-0.2, -0.15) is 0 Å². The predicted molar refractivity (Wildman–Crippen MR) is 69.0 cm³/mol. The summed E-state index contributed by atoms with van der Waals surface area (Å²) in [5.74, 6) is -2.84. The molecule has 0 rings (SSSR count). The SMILES string of the molecule is C=CCCCCCC([O-])=N[C@@H](CCC(=O)O)C(=O)O.[K+]. The van der Waals surface area contributed by atoms with Gasteiger partial charge in [0.1, 0.15) is 6.04 Å². The maximum absolute atomic E-state index is 11.4. The van der Waals surface area contributed by atoms with Crippen molar-refractivity contribution in [3.8, 4) is 0 Å². The normalized spacial score (nSPS) is 12.3. The summed E-state index contributed by atoms with van der Waals surface area (Å²) in [6, 6.07) is -1.25. The summed E-state index contributed by atoms with van der Waals surface area (Å²) in [6.45, 7) is 3.59. The zero-order valence-corrected chi connectivity index (χ0v) is 15.0. The molecule has 0 aromatic heterocycles. The van der Waals surface area contributed by atoms with Crippen LogP contribution in [0.4, 0.5) is 0 Å². The van der Waals surface area contributed by atoms with Gasteiger partial charge in [0, 0.05) is 6.42 Å². The predicted octanol–water partition coefficient (Wildman–Crippen LogP) is -1.80. The maximum atomic E-state index is 11.4. The van der Waals surface area contributed by atoms with E-state index < -0.39 is 23.9 Å². The summed E-state index contributed by atoms with van der Waals surface area (Å²) in [7, 11) is 0. The van der Waals surface area contributed by atoms with Crippen molar-refractivity contribution in [3.05, 3.63) is 12.7 Å². The van der Waals surface area contributed by atoms with E-state index in [1.807, 2.05) is 0 Å². The average Bonchev–Trinajstić information content (AvgIpc) is 2.33. The van der Waals surface area contributed by atoms with Crippen molar-refractivity contribution in [2.45, 2.75) is 51.0 Å². The van der Waals surface area contributed by atoms with E-state index in [1.165, 1.54) is 0 Å². The summed E-state index contributed by atoms with van der Waals surface area (Å²) >= 11 is 0. The molecule has 0 aromatic rings. The first-order valence-electron chi connectivity index (χ1n) is 6.26. The van der Waals surface area contributed by atoms with Gasteiger partial charge in [-0.15, -0.1) is 6.58 Å². The van der Waals surface area contributed by atoms with Gasteiger partial charge in [0.05, 0.1) is 0 Å². The van der Waals surface area contributed by atoms with E-state index in [2.05, 4.69) is 11.6 Å². The number of aliphatic imine (C=N–C) groups is 1. The second kappa shape index (κ2) is 13.8. The summed E-state index contributed by atoms with van der Waals surface area (Å²) in [5, 5.41) is 28.7. The third kappa shape index (κ3) is 12.8. The molecule has 0 aliphatic carbocycles. The largest absolute Gasteiger partial charge is 1.00 e. The fourth-order valence-electron chi connectivity index (χ4n) is 1.48. The average molecular weight is 309 g/mol. The molecule has 0 saturated heterocycles. The molecular formula is C13H20KNO5. The molecule has 0 aliphatic heterocycles. The first-order valence-corrected chi connectivity index (χ1v) is 6.26. The number of allylic oxidation sites excluding steroid dienone is 1. The van der Waals surface area contributed by atoms with Crippen LogP contribution in [0.15, 0.2) is 17.6 Å². The van der Waals surface area contributed by atoms with Gasteiger partial charge in [-0.25, -0.2) is 4.79 Å². The Balaban J connectivity index is 0. The van der Waals surface area contributed by atoms with Crippen LogP contribution in [0, 0.1) is 0 Å². The van der Waals surface area contributed by atoms with E-state index in [0.717, 1.165) is 19.3 Å². The molecule has 2 N–H and O–H groups in total. The van der Waals surface area contributed by atoms with Crippen molar-refractivity contribution in [2.24, 2.45) is 4.99 Å². The molecule has 0 amide bonds. The van der Waals surface area contributed by atoms with Crippen LogP contribution in [-0.4, -0.2) is 34.1 Å². The van der Waals surface area contributed by atoms with Gasteiger partial charge in [-0.1, -0.05) is 12.5 Å². The second-order valence-corrected chi connectivity index (χ2v) is 4.20. The van der Waals surface area contributed by atoms with E-state index in [4.69, 9.17) is 10.2 Å². The van der Waals surface area contributed by atoms with Gasteiger partial charge in [0.2, 0.25) is 0 Å². The first-order chi connectivity index (χ1) is 8.97. The number of carboxylic acids is 2. The van der Waals surface area contributed by atoms with Gasteiger partial charge >= 0.3 is 63.3 Å². The Morgan fingerprint density at radius 1 is 1.20 bits per heavy atom. The number of nitrogens with zero attached hydrogens (tertiary/aromatic N) is 1. The molecule has 6 nitrogen and oxygen atoms in total. The molecule has 7 heteroatoms. The van der Waals surface area contributed by atoms with Crippen LogP contribution in [-0.2, 0) is 9.59 Å². The van der Waals surface area contributed by atoms with Gasteiger partial charge in [-0.05, 0) is 38.0 Å². The zero-order valence-electron chi connectivity index (χ0n) is 11.9. The van der Waals surface area contributed by atoms with Crippen molar-refractivity contribution in [3.63, 3.8) is 0 Å². The van der Waals surface area contributed by atoms with E-state index in [-0.39, 0.29) is 70.6 Å². The van der Waals surface area contributed by atoms with E-state index >= 15 is 0 Å². The van der Waals surface area contributed by atoms with Gasteiger partial charge in [0.15, 0.2) is 0 Å². The fraction of sp³-hybridized carbons (Fsp3) is 0.615. The van der Waals surface area contributed by atoms with Crippen LogP contribution in [0.2, 0.25) is 0 Å². The molecule has 1 atom stereocenters. The number of hydrogen-bond acceptors (Lipinski definition) is 4. The Morgan fingerprint density at radius 3 is 2.35 bits per heavy atom. The standard InChI is InChI=1S/C13H21NO5.K/c1-2-3-4-5-6-7-11(15)14-10(13(18)19)8-9-12(16)17;/h2,10H,1,3-9H2,(H,14,15)(H,16,17)(H,18,19);/q;+1/p-1/t10-;/m0./s1. The third-order valence-corrected chi connectivity index (χ3v) is 2.52. The minimum Gasteiger partial charge on any atom is -0.862 e. The van der Waals surface area contributed by atoms with Crippen LogP contribution in [0.3, 0.4) is 0 Å². The van der Waals surface area contributed by atoms with Gasteiger partial charge in [0.25, 0.3) is 0 Å².